The SMILES string of the molecule is COCCN(C(=O)NCc1cccc(OC)c1)C1(C=O)CCN(Cc2cc(OC)cc(OC)c2)CC1. The van der Waals surface area contributed by atoms with E-state index in [-0.39, 0.29) is 6.03 Å². The Morgan fingerprint density at radius 1 is 0.972 bits per heavy atom. The predicted octanol–water partition coefficient (Wildman–Crippen LogP) is 3.10. The zero-order valence-electron chi connectivity index (χ0n) is 21.6. The Labute approximate surface area is 213 Å². The lowest BCUT2D eigenvalue weighted by Gasteiger charge is -2.45. The number of nitrogens with zero attached hydrogens (tertiary/aromatic N) is 2. The van der Waals surface area contributed by atoms with Crippen LogP contribution in [0, 0.1) is 0 Å². The number of hydrogen-bond acceptors (Lipinski definition) is 7. The van der Waals surface area contributed by atoms with Gasteiger partial charge in [0.1, 0.15) is 29.1 Å². The monoisotopic (exact) mass is 499 g/mol. The number of nitrogens with one attached hydrogen (secondary N) is 1. The van der Waals surface area contributed by atoms with Crippen molar-refractivity contribution in [3.63, 3.8) is 0 Å². The molecular weight excluding hydrogens is 462 g/mol. The van der Waals surface area contributed by atoms with Crippen LogP contribution < -0.4 is 19.5 Å². The number of amides is 2. The van der Waals surface area contributed by atoms with Crippen molar-refractivity contribution in [3.05, 3.63) is 53.6 Å². The van der Waals surface area contributed by atoms with Gasteiger partial charge in [0, 0.05) is 45.9 Å². The number of methoxy groups -OCH3 is 4. The highest BCUT2D eigenvalue weighted by Gasteiger charge is 2.42. The van der Waals surface area contributed by atoms with Crippen molar-refractivity contribution in [2.75, 3.05) is 54.7 Å². The number of hydrogen-bond donors (Lipinski definition) is 1. The van der Waals surface area contributed by atoms with Gasteiger partial charge in [0.25, 0.3) is 0 Å². The molecule has 1 aliphatic heterocycles. The first-order chi connectivity index (χ1) is 17.5. The molecule has 0 unspecified atom stereocenters. The van der Waals surface area contributed by atoms with Crippen LogP contribution in [0.3, 0.4) is 0 Å². The first kappa shape index (κ1) is 27.3. The molecule has 0 saturated carbocycles. The van der Waals surface area contributed by atoms with E-state index < -0.39 is 5.54 Å². The number of carbonyl (C=O) groups is 2. The Hall–Kier alpha value is -3.30. The molecule has 2 aromatic carbocycles. The van der Waals surface area contributed by atoms with Gasteiger partial charge < -0.3 is 34.0 Å². The highest BCUT2D eigenvalue weighted by atomic mass is 16.5. The van der Waals surface area contributed by atoms with Gasteiger partial charge in [-0.2, -0.15) is 0 Å². The van der Waals surface area contributed by atoms with Crippen molar-refractivity contribution in [2.24, 2.45) is 0 Å². The number of likely N-dealkylation sites (tertiary alicyclic amines) is 1. The summed E-state index contributed by atoms with van der Waals surface area (Å²) >= 11 is 0. The molecule has 9 nitrogen and oxygen atoms in total. The van der Waals surface area contributed by atoms with Gasteiger partial charge in [0.2, 0.25) is 0 Å². The van der Waals surface area contributed by atoms with Gasteiger partial charge in [-0.25, -0.2) is 4.79 Å². The molecule has 0 aliphatic carbocycles. The molecule has 0 spiro atoms. The van der Waals surface area contributed by atoms with E-state index in [1.54, 1.807) is 33.3 Å². The average molecular weight is 500 g/mol. The molecule has 1 aliphatic rings. The molecule has 9 heteroatoms. The van der Waals surface area contributed by atoms with E-state index in [1.165, 1.54) is 0 Å². The summed E-state index contributed by atoms with van der Waals surface area (Å²) in [6.07, 6.45) is 2.00. The number of rotatable bonds is 12. The summed E-state index contributed by atoms with van der Waals surface area (Å²) in [5.41, 5.74) is 1.09. The van der Waals surface area contributed by atoms with Crippen LogP contribution in [0.15, 0.2) is 42.5 Å². The quantitative estimate of drug-likeness (QED) is 0.449. The first-order valence-electron chi connectivity index (χ1n) is 12.0. The molecule has 2 aromatic rings. The lowest BCUT2D eigenvalue weighted by molar-refractivity contribution is -0.120. The highest BCUT2D eigenvalue weighted by molar-refractivity contribution is 5.80. The maximum Gasteiger partial charge on any atom is 0.318 e. The number of piperidine rings is 1. The summed E-state index contributed by atoms with van der Waals surface area (Å²) in [6, 6.07) is 13.1. The fraction of sp³-hybridized carbons (Fsp3) is 0.481. The van der Waals surface area contributed by atoms with E-state index >= 15 is 0 Å². The van der Waals surface area contributed by atoms with E-state index in [9.17, 15) is 9.59 Å². The summed E-state index contributed by atoms with van der Waals surface area (Å²) in [5.74, 6) is 2.20. The van der Waals surface area contributed by atoms with Crippen molar-refractivity contribution in [1.82, 2.24) is 15.1 Å². The van der Waals surface area contributed by atoms with Gasteiger partial charge in [-0.15, -0.1) is 0 Å². The molecule has 1 heterocycles. The third kappa shape index (κ3) is 6.89. The van der Waals surface area contributed by atoms with Gasteiger partial charge in [0.15, 0.2) is 0 Å². The van der Waals surface area contributed by atoms with Crippen LogP contribution in [-0.2, 0) is 22.6 Å². The van der Waals surface area contributed by atoms with Crippen molar-refractivity contribution >= 4 is 12.3 Å². The first-order valence-corrected chi connectivity index (χ1v) is 12.0. The van der Waals surface area contributed by atoms with E-state index in [0.29, 0.717) is 52.2 Å². The minimum absolute atomic E-state index is 0.284. The Bertz CT molecular complexity index is 985. The molecule has 2 amide bonds. The summed E-state index contributed by atoms with van der Waals surface area (Å²) in [5, 5.41) is 2.97. The molecule has 3 rings (SSSR count). The third-order valence-corrected chi connectivity index (χ3v) is 6.64. The molecule has 0 bridgehead atoms. The average Bonchev–Trinajstić information content (AvgIpc) is 2.92. The van der Waals surface area contributed by atoms with Crippen molar-refractivity contribution in [2.45, 2.75) is 31.5 Å². The molecule has 1 fully saturated rings. The molecule has 1 N–H and O–H groups in total. The minimum Gasteiger partial charge on any atom is -0.497 e. The number of benzene rings is 2. The summed E-state index contributed by atoms with van der Waals surface area (Å²) < 4.78 is 21.3. The zero-order chi connectivity index (χ0) is 26.0. The minimum atomic E-state index is -0.889. The van der Waals surface area contributed by atoms with Crippen LogP contribution in [0.5, 0.6) is 17.2 Å². The molecule has 0 radical (unpaired) electrons. The van der Waals surface area contributed by atoms with E-state index in [4.69, 9.17) is 18.9 Å². The molecular formula is C27H37N3O6. The van der Waals surface area contributed by atoms with Crippen molar-refractivity contribution in [1.29, 1.82) is 0 Å². The van der Waals surface area contributed by atoms with Gasteiger partial charge in [0.05, 0.1) is 27.9 Å². The second-order valence-corrected chi connectivity index (χ2v) is 8.87. The lowest BCUT2D eigenvalue weighted by Crippen LogP contribution is -2.61. The number of carbonyl (C=O) groups excluding carboxylic acids is 2. The molecule has 0 atom stereocenters. The fourth-order valence-corrected chi connectivity index (χ4v) is 4.53. The maximum absolute atomic E-state index is 13.3. The van der Waals surface area contributed by atoms with E-state index in [1.807, 2.05) is 42.5 Å². The second-order valence-electron chi connectivity index (χ2n) is 8.87. The molecule has 0 aromatic heterocycles. The van der Waals surface area contributed by atoms with E-state index in [2.05, 4.69) is 10.2 Å². The van der Waals surface area contributed by atoms with Gasteiger partial charge in [-0.05, 0) is 48.2 Å². The van der Waals surface area contributed by atoms with Gasteiger partial charge >= 0.3 is 6.03 Å². The molecule has 1 saturated heterocycles. The molecule has 196 valence electrons. The Morgan fingerprint density at radius 2 is 1.61 bits per heavy atom. The standard InChI is InChI=1S/C27H37N3O6/c1-33-13-12-30(26(32)28-18-21-6-5-7-23(14-21)34-2)27(20-31)8-10-29(11-9-27)19-22-15-24(35-3)17-25(16-22)36-4/h5-7,14-17,20H,8-13,18-19H2,1-4H3,(H,28,32). The van der Waals surface area contributed by atoms with Crippen LogP contribution in [0.1, 0.15) is 24.0 Å². The molecule has 36 heavy (non-hydrogen) atoms. The Kier molecular flexibility index (Phi) is 9.95. The Morgan fingerprint density at radius 3 is 2.19 bits per heavy atom. The van der Waals surface area contributed by atoms with E-state index in [0.717, 1.165) is 34.7 Å². The number of ether oxygens (including phenoxy) is 4. The predicted molar refractivity (Wildman–Crippen MR) is 137 cm³/mol. The fourth-order valence-electron chi connectivity index (χ4n) is 4.53. The Balaban J connectivity index is 1.67. The topological polar surface area (TPSA) is 89.6 Å². The second kappa shape index (κ2) is 13.1. The smallest absolute Gasteiger partial charge is 0.318 e. The summed E-state index contributed by atoms with van der Waals surface area (Å²) in [6.45, 7) is 3.04. The number of urea groups is 1. The normalized spacial score (nSPS) is 15.1. The van der Waals surface area contributed by atoms with Crippen molar-refractivity contribution in [3.8, 4) is 17.2 Å². The van der Waals surface area contributed by atoms with Crippen LogP contribution in [0.4, 0.5) is 4.79 Å². The zero-order valence-corrected chi connectivity index (χ0v) is 21.6. The maximum atomic E-state index is 13.3. The van der Waals surface area contributed by atoms with Crippen LogP contribution in [-0.4, -0.2) is 82.3 Å². The van der Waals surface area contributed by atoms with Gasteiger partial charge in [-0.1, -0.05) is 12.1 Å². The van der Waals surface area contributed by atoms with Crippen LogP contribution in [0.25, 0.3) is 0 Å². The van der Waals surface area contributed by atoms with Crippen LogP contribution in [0.2, 0.25) is 0 Å². The third-order valence-electron chi connectivity index (χ3n) is 6.64. The summed E-state index contributed by atoms with van der Waals surface area (Å²) in [7, 11) is 6.46. The number of aldehydes is 1. The van der Waals surface area contributed by atoms with Crippen LogP contribution >= 0.6 is 0 Å². The van der Waals surface area contributed by atoms with Crippen molar-refractivity contribution < 1.29 is 28.5 Å². The largest absolute Gasteiger partial charge is 0.497 e. The lowest BCUT2D eigenvalue weighted by atomic mass is 9.87. The van der Waals surface area contributed by atoms with Gasteiger partial charge in [-0.3, -0.25) is 4.90 Å². The summed E-state index contributed by atoms with van der Waals surface area (Å²) in [4.78, 5) is 29.6. The highest BCUT2D eigenvalue weighted by Crippen LogP contribution is 2.30.